The molecule has 0 fully saturated rings. The summed E-state index contributed by atoms with van der Waals surface area (Å²) in [5, 5.41) is 2.47. The lowest BCUT2D eigenvalue weighted by Gasteiger charge is -2.02. The zero-order valence-electron chi connectivity index (χ0n) is 9.71. The van der Waals surface area contributed by atoms with Gasteiger partial charge in [-0.1, -0.05) is 43.1 Å². The number of aromatic nitrogens is 1. The van der Waals surface area contributed by atoms with Crippen LogP contribution in [-0.4, -0.2) is 4.98 Å². The van der Waals surface area contributed by atoms with Crippen molar-refractivity contribution in [3.63, 3.8) is 0 Å². The van der Waals surface area contributed by atoms with Gasteiger partial charge in [0.25, 0.3) is 0 Å². The Morgan fingerprint density at radius 3 is 2.65 bits per heavy atom. The monoisotopic (exact) mass is 285 g/mol. The molecular formula is C13H13Cl2NS. The zero-order valence-corrected chi connectivity index (χ0v) is 12.0. The number of benzene rings is 1. The standard InChI is InChI=1S/C13H13Cl2NS/c1-8(2)12-7-16-13(17-12)5-9-3-4-10(14)6-11(9)15/h3-4,6-8H,5H2,1-2H3. The van der Waals surface area contributed by atoms with Crippen LogP contribution in [0.1, 0.15) is 35.2 Å². The quantitative estimate of drug-likeness (QED) is 0.759. The van der Waals surface area contributed by atoms with Crippen molar-refractivity contribution >= 4 is 34.5 Å². The van der Waals surface area contributed by atoms with Crippen LogP contribution in [0, 0.1) is 0 Å². The van der Waals surface area contributed by atoms with Crippen LogP contribution in [0.4, 0.5) is 0 Å². The van der Waals surface area contributed by atoms with Gasteiger partial charge in [0, 0.05) is 27.5 Å². The second kappa shape index (κ2) is 5.38. The third-order valence-electron chi connectivity index (χ3n) is 2.50. The number of thiazole rings is 1. The van der Waals surface area contributed by atoms with Gasteiger partial charge in [0.2, 0.25) is 0 Å². The summed E-state index contributed by atoms with van der Waals surface area (Å²) < 4.78 is 0. The third kappa shape index (κ3) is 3.21. The van der Waals surface area contributed by atoms with Crippen molar-refractivity contribution in [2.75, 3.05) is 0 Å². The molecule has 4 heteroatoms. The minimum atomic E-state index is 0.530. The molecule has 2 rings (SSSR count). The highest BCUT2D eigenvalue weighted by Crippen LogP contribution is 2.27. The predicted octanol–water partition coefficient (Wildman–Crippen LogP) is 5.16. The first kappa shape index (κ1) is 12.9. The van der Waals surface area contributed by atoms with E-state index in [-0.39, 0.29) is 0 Å². The van der Waals surface area contributed by atoms with Gasteiger partial charge in [-0.25, -0.2) is 4.98 Å². The van der Waals surface area contributed by atoms with E-state index in [2.05, 4.69) is 18.8 Å². The molecule has 1 aromatic heterocycles. The lowest BCUT2D eigenvalue weighted by atomic mass is 10.1. The molecule has 0 aliphatic carbocycles. The van der Waals surface area contributed by atoms with Crippen LogP contribution >= 0.6 is 34.5 Å². The summed E-state index contributed by atoms with van der Waals surface area (Å²) in [6, 6.07) is 5.59. The topological polar surface area (TPSA) is 12.9 Å². The number of rotatable bonds is 3. The molecule has 0 aliphatic rings. The van der Waals surface area contributed by atoms with Gasteiger partial charge in [0.05, 0.1) is 5.01 Å². The van der Waals surface area contributed by atoms with Gasteiger partial charge in [-0.3, -0.25) is 0 Å². The Kier molecular flexibility index (Phi) is 4.08. The zero-order chi connectivity index (χ0) is 12.4. The van der Waals surface area contributed by atoms with Gasteiger partial charge < -0.3 is 0 Å². The van der Waals surface area contributed by atoms with Crippen molar-refractivity contribution in [3.05, 3.63) is 49.9 Å². The first-order chi connectivity index (χ1) is 8.06. The normalized spacial score (nSPS) is 11.1. The molecule has 2 aromatic rings. The van der Waals surface area contributed by atoms with E-state index in [0.717, 1.165) is 17.0 Å². The highest BCUT2D eigenvalue weighted by Gasteiger charge is 2.08. The van der Waals surface area contributed by atoms with Gasteiger partial charge in [0.15, 0.2) is 0 Å². The molecule has 0 radical (unpaired) electrons. The largest absolute Gasteiger partial charge is 0.249 e. The Balaban J connectivity index is 2.19. The van der Waals surface area contributed by atoms with Crippen LogP contribution in [0.5, 0.6) is 0 Å². The van der Waals surface area contributed by atoms with E-state index < -0.39 is 0 Å². The van der Waals surface area contributed by atoms with Crippen LogP contribution < -0.4 is 0 Å². The van der Waals surface area contributed by atoms with Gasteiger partial charge >= 0.3 is 0 Å². The molecular weight excluding hydrogens is 273 g/mol. The van der Waals surface area contributed by atoms with E-state index in [9.17, 15) is 0 Å². The molecule has 0 atom stereocenters. The average Bonchev–Trinajstić information content (AvgIpc) is 2.71. The van der Waals surface area contributed by atoms with Crippen molar-refractivity contribution < 1.29 is 0 Å². The van der Waals surface area contributed by atoms with Crippen LogP contribution in [0.15, 0.2) is 24.4 Å². The Hall–Kier alpha value is -0.570. The molecule has 0 saturated heterocycles. The Morgan fingerprint density at radius 1 is 1.29 bits per heavy atom. The lowest BCUT2D eigenvalue weighted by molar-refractivity contribution is 0.885. The first-order valence-corrected chi connectivity index (χ1v) is 7.02. The summed E-state index contributed by atoms with van der Waals surface area (Å²) in [6.45, 7) is 4.35. The molecule has 90 valence electrons. The summed E-state index contributed by atoms with van der Waals surface area (Å²) in [4.78, 5) is 5.73. The lowest BCUT2D eigenvalue weighted by Crippen LogP contribution is -1.87. The van der Waals surface area contributed by atoms with E-state index in [1.807, 2.05) is 18.3 Å². The maximum absolute atomic E-state index is 6.14. The molecule has 0 spiro atoms. The minimum Gasteiger partial charge on any atom is -0.249 e. The average molecular weight is 286 g/mol. The summed E-state index contributed by atoms with van der Waals surface area (Å²) >= 11 is 13.8. The molecule has 0 saturated carbocycles. The third-order valence-corrected chi connectivity index (χ3v) is 4.38. The molecule has 0 N–H and O–H groups in total. The smallest absolute Gasteiger partial charge is 0.0972 e. The van der Waals surface area contributed by atoms with E-state index in [0.29, 0.717) is 16.0 Å². The minimum absolute atomic E-state index is 0.530. The van der Waals surface area contributed by atoms with Crippen molar-refractivity contribution in [2.24, 2.45) is 0 Å². The van der Waals surface area contributed by atoms with Gasteiger partial charge in [-0.2, -0.15) is 0 Å². The number of hydrogen-bond acceptors (Lipinski definition) is 2. The fourth-order valence-corrected chi connectivity index (χ4v) is 2.92. The fraction of sp³-hybridized carbons (Fsp3) is 0.308. The molecule has 17 heavy (non-hydrogen) atoms. The summed E-state index contributed by atoms with van der Waals surface area (Å²) in [5.74, 6) is 0.530. The van der Waals surface area contributed by atoms with Crippen LogP contribution in [-0.2, 0) is 6.42 Å². The molecule has 0 aliphatic heterocycles. The second-order valence-corrected chi connectivity index (χ2v) is 6.21. The summed E-state index contributed by atoms with van der Waals surface area (Å²) in [7, 11) is 0. The Bertz CT molecular complexity index is 520. The van der Waals surface area contributed by atoms with E-state index >= 15 is 0 Å². The maximum atomic E-state index is 6.14. The number of hydrogen-bond donors (Lipinski definition) is 0. The second-order valence-electron chi connectivity index (χ2n) is 4.22. The highest BCUT2D eigenvalue weighted by atomic mass is 35.5. The van der Waals surface area contributed by atoms with Crippen LogP contribution in [0.25, 0.3) is 0 Å². The van der Waals surface area contributed by atoms with Gasteiger partial charge in [-0.05, 0) is 23.6 Å². The molecule has 1 aromatic carbocycles. The van der Waals surface area contributed by atoms with Crippen LogP contribution in [0.2, 0.25) is 10.0 Å². The summed E-state index contributed by atoms with van der Waals surface area (Å²) in [5.41, 5.74) is 1.07. The van der Waals surface area contributed by atoms with Crippen LogP contribution in [0.3, 0.4) is 0 Å². The summed E-state index contributed by atoms with van der Waals surface area (Å²) in [6.07, 6.45) is 2.72. The van der Waals surface area contributed by atoms with E-state index in [1.54, 1.807) is 17.4 Å². The first-order valence-electron chi connectivity index (χ1n) is 5.45. The van der Waals surface area contributed by atoms with E-state index in [1.165, 1.54) is 4.88 Å². The number of nitrogens with zero attached hydrogens (tertiary/aromatic N) is 1. The molecule has 0 bridgehead atoms. The predicted molar refractivity (Wildman–Crippen MR) is 75.5 cm³/mol. The maximum Gasteiger partial charge on any atom is 0.0972 e. The fourth-order valence-electron chi connectivity index (χ4n) is 1.50. The highest BCUT2D eigenvalue weighted by molar-refractivity contribution is 7.11. The van der Waals surface area contributed by atoms with Gasteiger partial charge in [0.1, 0.15) is 0 Å². The molecule has 0 amide bonds. The van der Waals surface area contributed by atoms with Crippen molar-refractivity contribution in [1.82, 2.24) is 4.98 Å². The Labute approximate surface area is 115 Å². The number of halogens is 2. The van der Waals surface area contributed by atoms with Crippen molar-refractivity contribution in [2.45, 2.75) is 26.2 Å². The SMILES string of the molecule is CC(C)c1cnc(Cc2ccc(Cl)cc2Cl)s1. The molecule has 0 unspecified atom stereocenters. The molecule has 1 heterocycles. The Morgan fingerprint density at radius 2 is 2.06 bits per heavy atom. The molecule has 1 nitrogen and oxygen atoms in total. The van der Waals surface area contributed by atoms with Crippen molar-refractivity contribution in [3.8, 4) is 0 Å². The van der Waals surface area contributed by atoms with Gasteiger partial charge in [-0.15, -0.1) is 11.3 Å². The van der Waals surface area contributed by atoms with Crippen molar-refractivity contribution in [1.29, 1.82) is 0 Å². The van der Waals surface area contributed by atoms with E-state index in [4.69, 9.17) is 23.2 Å².